The first kappa shape index (κ1) is 17.8. The third-order valence-corrected chi connectivity index (χ3v) is 3.40. The summed E-state index contributed by atoms with van der Waals surface area (Å²) in [4.78, 5) is 5.06. The fourth-order valence-corrected chi connectivity index (χ4v) is 2.12. The van der Waals surface area contributed by atoms with E-state index >= 15 is 0 Å². The van der Waals surface area contributed by atoms with Gasteiger partial charge in [-0.2, -0.15) is 8.78 Å². The average molecular weight is 380 g/mol. The molecule has 134 valence electrons. The lowest BCUT2D eigenvalue weighted by Gasteiger charge is -2.06. The first-order valence-electron chi connectivity index (χ1n) is 7.39. The Kier molecular flexibility index (Phi) is 5.75. The SMILES string of the molecule is FC(F)Oc1ccccc1/C=N\OCc1nnc(-c2ccc(Cl)cc2)o1. The fraction of sp³-hybridized carbons (Fsp3) is 0.118. The van der Waals surface area contributed by atoms with Crippen molar-refractivity contribution >= 4 is 17.8 Å². The molecule has 0 fully saturated rings. The molecule has 3 rings (SSSR count). The highest BCUT2D eigenvalue weighted by Crippen LogP contribution is 2.21. The van der Waals surface area contributed by atoms with Crippen LogP contribution in [0.2, 0.25) is 5.02 Å². The van der Waals surface area contributed by atoms with Gasteiger partial charge in [-0.3, -0.25) is 0 Å². The molecule has 0 atom stereocenters. The van der Waals surface area contributed by atoms with Crippen molar-refractivity contribution < 1.29 is 22.8 Å². The molecule has 1 heterocycles. The van der Waals surface area contributed by atoms with Crippen molar-refractivity contribution in [1.82, 2.24) is 10.2 Å². The number of alkyl halides is 2. The molecular weight excluding hydrogens is 368 g/mol. The van der Waals surface area contributed by atoms with Crippen LogP contribution in [-0.2, 0) is 11.4 Å². The molecule has 0 amide bonds. The standard InChI is InChI=1S/C17H12ClF2N3O3/c18-13-7-5-11(6-8-13)16-23-22-15(26-16)10-24-21-9-12-3-1-2-4-14(12)25-17(19)20/h1-9,17H,10H2/b21-9-. The van der Waals surface area contributed by atoms with Crippen LogP contribution in [0.1, 0.15) is 11.5 Å². The number of aromatic nitrogens is 2. The van der Waals surface area contributed by atoms with E-state index in [4.69, 9.17) is 20.9 Å². The monoisotopic (exact) mass is 379 g/mol. The first-order valence-corrected chi connectivity index (χ1v) is 7.77. The molecule has 26 heavy (non-hydrogen) atoms. The quantitative estimate of drug-likeness (QED) is 0.445. The van der Waals surface area contributed by atoms with E-state index in [1.807, 2.05) is 0 Å². The fourth-order valence-electron chi connectivity index (χ4n) is 2.00. The van der Waals surface area contributed by atoms with Crippen molar-refractivity contribution in [3.05, 3.63) is 65.0 Å². The number of hydrogen-bond donors (Lipinski definition) is 0. The van der Waals surface area contributed by atoms with Crippen molar-refractivity contribution in [2.24, 2.45) is 5.16 Å². The van der Waals surface area contributed by atoms with Crippen LogP contribution in [0.25, 0.3) is 11.5 Å². The maximum Gasteiger partial charge on any atom is 0.387 e. The van der Waals surface area contributed by atoms with Gasteiger partial charge in [-0.15, -0.1) is 10.2 Å². The average Bonchev–Trinajstić information content (AvgIpc) is 3.09. The highest BCUT2D eigenvalue weighted by molar-refractivity contribution is 6.30. The van der Waals surface area contributed by atoms with Crippen LogP contribution in [0.5, 0.6) is 5.75 Å². The summed E-state index contributed by atoms with van der Waals surface area (Å²) in [6, 6.07) is 13.1. The molecule has 2 aromatic carbocycles. The molecule has 0 bridgehead atoms. The number of oxime groups is 1. The molecule has 0 aliphatic rings. The smallest absolute Gasteiger partial charge is 0.387 e. The van der Waals surface area contributed by atoms with Crippen LogP contribution in [0.3, 0.4) is 0 Å². The van der Waals surface area contributed by atoms with Crippen molar-refractivity contribution in [3.8, 4) is 17.2 Å². The second-order valence-corrected chi connectivity index (χ2v) is 5.37. The zero-order valence-corrected chi connectivity index (χ0v) is 13.9. The lowest BCUT2D eigenvalue weighted by atomic mass is 10.2. The topological polar surface area (TPSA) is 69.7 Å². The van der Waals surface area contributed by atoms with Gasteiger partial charge in [0.25, 0.3) is 5.89 Å². The Balaban J connectivity index is 1.59. The Labute approximate surface area is 152 Å². The molecule has 3 aromatic rings. The maximum atomic E-state index is 12.3. The van der Waals surface area contributed by atoms with Gasteiger partial charge in [0.1, 0.15) is 5.75 Å². The number of rotatable bonds is 7. The number of benzene rings is 2. The van der Waals surface area contributed by atoms with E-state index in [-0.39, 0.29) is 18.2 Å². The number of para-hydroxylation sites is 1. The summed E-state index contributed by atoms with van der Waals surface area (Å²) in [5.41, 5.74) is 1.06. The second kappa shape index (κ2) is 8.39. The molecule has 0 unspecified atom stereocenters. The Bertz CT molecular complexity index is 885. The van der Waals surface area contributed by atoms with E-state index < -0.39 is 6.61 Å². The summed E-state index contributed by atoms with van der Waals surface area (Å²) in [5, 5.41) is 12.1. The molecule has 0 saturated carbocycles. The van der Waals surface area contributed by atoms with Gasteiger partial charge in [-0.1, -0.05) is 28.9 Å². The van der Waals surface area contributed by atoms with Gasteiger partial charge in [-0.25, -0.2) is 0 Å². The normalized spacial score (nSPS) is 11.2. The molecule has 0 radical (unpaired) electrons. The molecule has 0 aliphatic carbocycles. The third kappa shape index (κ3) is 4.76. The van der Waals surface area contributed by atoms with Gasteiger partial charge in [0.15, 0.2) is 6.61 Å². The van der Waals surface area contributed by atoms with E-state index in [2.05, 4.69) is 20.1 Å². The molecule has 1 aromatic heterocycles. The summed E-state index contributed by atoms with van der Waals surface area (Å²) in [5.74, 6) is 0.529. The van der Waals surface area contributed by atoms with Crippen LogP contribution in [0, 0.1) is 0 Å². The molecule has 0 saturated heterocycles. The minimum atomic E-state index is -2.92. The summed E-state index contributed by atoms with van der Waals surface area (Å²) in [6.07, 6.45) is 1.26. The highest BCUT2D eigenvalue weighted by Gasteiger charge is 2.09. The minimum absolute atomic E-state index is 0.00216. The van der Waals surface area contributed by atoms with Gasteiger partial charge in [0, 0.05) is 16.1 Å². The summed E-state index contributed by atoms with van der Waals surface area (Å²) >= 11 is 5.83. The Morgan fingerprint density at radius 3 is 2.65 bits per heavy atom. The van der Waals surface area contributed by atoms with Crippen molar-refractivity contribution in [3.63, 3.8) is 0 Å². The lowest BCUT2D eigenvalue weighted by molar-refractivity contribution is -0.0499. The Hall–Kier alpha value is -3.00. The minimum Gasteiger partial charge on any atom is -0.434 e. The van der Waals surface area contributed by atoms with Gasteiger partial charge >= 0.3 is 6.61 Å². The molecule has 6 nitrogen and oxygen atoms in total. The van der Waals surface area contributed by atoms with Gasteiger partial charge in [0.05, 0.1) is 6.21 Å². The predicted molar refractivity (Wildman–Crippen MR) is 90.2 cm³/mol. The number of hydrogen-bond acceptors (Lipinski definition) is 6. The molecule has 0 aliphatic heterocycles. The molecular formula is C17H12ClF2N3O3. The summed E-state index contributed by atoms with van der Waals surface area (Å²) in [6.45, 7) is -3.00. The van der Waals surface area contributed by atoms with Gasteiger partial charge < -0.3 is 14.0 Å². The number of nitrogens with zero attached hydrogens (tertiary/aromatic N) is 3. The van der Waals surface area contributed by atoms with Crippen molar-refractivity contribution in [2.45, 2.75) is 13.2 Å². The highest BCUT2D eigenvalue weighted by atomic mass is 35.5. The summed E-state index contributed by atoms with van der Waals surface area (Å²) < 4.78 is 34.5. The molecule has 9 heteroatoms. The van der Waals surface area contributed by atoms with Crippen LogP contribution in [0.15, 0.2) is 58.1 Å². The Morgan fingerprint density at radius 1 is 1.12 bits per heavy atom. The zero-order chi connectivity index (χ0) is 18.4. The van der Waals surface area contributed by atoms with E-state index in [9.17, 15) is 8.78 Å². The second-order valence-electron chi connectivity index (χ2n) is 4.93. The Morgan fingerprint density at radius 2 is 1.88 bits per heavy atom. The van der Waals surface area contributed by atoms with Crippen LogP contribution in [-0.4, -0.2) is 23.0 Å². The molecule has 0 N–H and O–H groups in total. The van der Waals surface area contributed by atoms with E-state index in [1.165, 1.54) is 12.3 Å². The van der Waals surface area contributed by atoms with E-state index in [1.54, 1.807) is 42.5 Å². The largest absolute Gasteiger partial charge is 0.434 e. The number of halogens is 3. The maximum absolute atomic E-state index is 12.3. The van der Waals surface area contributed by atoms with Gasteiger partial charge in [-0.05, 0) is 36.4 Å². The van der Waals surface area contributed by atoms with Crippen LogP contribution < -0.4 is 4.74 Å². The molecule has 0 spiro atoms. The van der Waals surface area contributed by atoms with E-state index in [0.29, 0.717) is 16.5 Å². The van der Waals surface area contributed by atoms with Crippen LogP contribution >= 0.6 is 11.6 Å². The predicted octanol–water partition coefficient (Wildman–Crippen LogP) is 4.54. The van der Waals surface area contributed by atoms with Gasteiger partial charge in [0.2, 0.25) is 5.89 Å². The van der Waals surface area contributed by atoms with E-state index in [0.717, 1.165) is 5.56 Å². The van der Waals surface area contributed by atoms with Crippen molar-refractivity contribution in [2.75, 3.05) is 0 Å². The first-order chi connectivity index (χ1) is 12.6. The third-order valence-electron chi connectivity index (χ3n) is 3.15. The summed E-state index contributed by atoms with van der Waals surface area (Å²) in [7, 11) is 0. The lowest BCUT2D eigenvalue weighted by Crippen LogP contribution is -2.04. The van der Waals surface area contributed by atoms with Crippen molar-refractivity contribution in [1.29, 1.82) is 0 Å². The number of ether oxygens (including phenoxy) is 1. The zero-order valence-electron chi connectivity index (χ0n) is 13.2. The van der Waals surface area contributed by atoms with Crippen LogP contribution in [0.4, 0.5) is 8.78 Å².